The van der Waals surface area contributed by atoms with E-state index in [1.54, 1.807) is 11.3 Å². The van der Waals surface area contributed by atoms with Crippen LogP contribution in [0.5, 0.6) is 0 Å². The smallest absolute Gasteiger partial charge is 0.0897 e. The van der Waals surface area contributed by atoms with E-state index in [-0.39, 0.29) is 6.04 Å². The normalized spacial score (nSPS) is 22.1. The van der Waals surface area contributed by atoms with Crippen molar-refractivity contribution in [2.75, 3.05) is 0 Å². The van der Waals surface area contributed by atoms with Crippen LogP contribution in [0.4, 0.5) is 0 Å². The summed E-state index contributed by atoms with van der Waals surface area (Å²) in [5.41, 5.74) is 8.80. The molecular weight excluding hydrogens is 242 g/mol. The Labute approximate surface area is 111 Å². The molecule has 3 N–H and O–H groups in total. The van der Waals surface area contributed by atoms with E-state index in [0.29, 0.717) is 6.04 Å². The van der Waals surface area contributed by atoms with E-state index in [2.05, 4.69) is 34.6 Å². The average Bonchev–Trinajstić information content (AvgIpc) is 2.92. The van der Waals surface area contributed by atoms with Gasteiger partial charge in [-0.2, -0.15) is 0 Å². The zero-order valence-corrected chi connectivity index (χ0v) is 11.2. The summed E-state index contributed by atoms with van der Waals surface area (Å²) in [6, 6.07) is 9.01. The van der Waals surface area contributed by atoms with Crippen molar-refractivity contribution in [3.05, 3.63) is 51.5 Å². The SMILES string of the molecule is Cc1ncc(CNC2CC(N)c3ccccc32)s1. The highest BCUT2D eigenvalue weighted by Gasteiger charge is 2.27. The third-order valence-electron chi connectivity index (χ3n) is 3.45. The molecule has 1 aromatic heterocycles. The van der Waals surface area contributed by atoms with Gasteiger partial charge in [0.1, 0.15) is 0 Å². The molecule has 0 fully saturated rings. The van der Waals surface area contributed by atoms with E-state index in [4.69, 9.17) is 5.73 Å². The highest BCUT2D eigenvalue weighted by molar-refractivity contribution is 7.11. The molecule has 3 nitrogen and oxygen atoms in total. The first-order chi connectivity index (χ1) is 8.74. The fourth-order valence-electron chi connectivity index (χ4n) is 2.58. The number of aryl methyl sites for hydroxylation is 1. The highest BCUT2D eigenvalue weighted by atomic mass is 32.1. The monoisotopic (exact) mass is 259 g/mol. The summed E-state index contributed by atoms with van der Waals surface area (Å²) in [4.78, 5) is 5.56. The molecule has 0 saturated heterocycles. The molecule has 94 valence electrons. The number of aromatic nitrogens is 1. The standard InChI is InChI=1S/C14H17N3S/c1-9-16-7-10(18-9)8-17-14-6-13(15)11-4-2-3-5-12(11)14/h2-5,7,13-14,17H,6,8,15H2,1H3. The zero-order valence-electron chi connectivity index (χ0n) is 10.4. The molecule has 2 atom stereocenters. The number of nitrogens with two attached hydrogens (primary N) is 1. The van der Waals surface area contributed by atoms with Crippen LogP contribution < -0.4 is 11.1 Å². The fourth-order valence-corrected chi connectivity index (χ4v) is 3.32. The van der Waals surface area contributed by atoms with Gasteiger partial charge in [0.15, 0.2) is 0 Å². The first kappa shape index (κ1) is 11.8. The van der Waals surface area contributed by atoms with Crippen LogP contribution >= 0.6 is 11.3 Å². The molecule has 1 heterocycles. The van der Waals surface area contributed by atoms with Crippen LogP contribution in [0.3, 0.4) is 0 Å². The number of hydrogen-bond acceptors (Lipinski definition) is 4. The Hall–Kier alpha value is -1.23. The lowest BCUT2D eigenvalue weighted by atomic mass is 10.1. The van der Waals surface area contributed by atoms with Crippen LogP contribution in [0.25, 0.3) is 0 Å². The number of nitrogens with one attached hydrogen (secondary N) is 1. The second kappa shape index (κ2) is 4.80. The van der Waals surface area contributed by atoms with Gasteiger partial charge in [0, 0.05) is 29.7 Å². The maximum atomic E-state index is 6.16. The van der Waals surface area contributed by atoms with E-state index in [9.17, 15) is 0 Å². The lowest BCUT2D eigenvalue weighted by Crippen LogP contribution is -2.19. The Bertz CT molecular complexity index is 549. The second-order valence-electron chi connectivity index (χ2n) is 4.75. The maximum absolute atomic E-state index is 6.16. The summed E-state index contributed by atoms with van der Waals surface area (Å²) in [7, 11) is 0. The van der Waals surface area contributed by atoms with Crippen molar-refractivity contribution in [1.82, 2.24) is 10.3 Å². The second-order valence-corrected chi connectivity index (χ2v) is 6.07. The Morgan fingerprint density at radius 3 is 2.89 bits per heavy atom. The van der Waals surface area contributed by atoms with Gasteiger partial charge < -0.3 is 11.1 Å². The van der Waals surface area contributed by atoms with E-state index in [1.807, 2.05) is 13.1 Å². The van der Waals surface area contributed by atoms with Gasteiger partial charge in [-0.05, 0) is 24.5 Å². The average molecular weight is 259 g/mol. The number of hydrogen-bond donors (Lipinski definition) is 2. The number of nitrogens with zero attached hydrogens (tertiary/aromatic N) is 1. The van der Waals surface area contributed by atoms with Gasteiger partial charge in [-0.25, -0.2) is 4.98 Å². The first-order valence-electron chi connectivity index (χ1n) is 6.23. The summed E-state index contributed by atoms with van der Waals surface area (Å²) in [5.74, 6) is 0. The van der Waals surface area contributed by atoms with Crippen LogP contribution in [0, 0.1) is 6.92 Å². The van der Waals surface area contributed by atoms with E-state index in [0.717, 1.165) is 18.0 Å². The molecule has 0 aliphatic heterocycles. The molecule has 0 saturated carbocycles. The van der Waals surface area contributed by atoms with Gasteiger partial charge in [0.05, 0.1) is 5.01 Å². The molecule has 18 heavy (non-hydrogen) atoms. The van der Waals surface area contributed by atoms with Crippen molar-refractivity contribution < 1.29 is 0 Å². The minimum absolute atomic E-state index is 0.168. The zero-order chi connectivity index (χ0) is 12.5. The molecule has 4 heteroatoms. The van der Waals surface area contributed by atoms with Gasteiger partial charge in [-0.15, -0.1) is 11.3 Å². The van der Waals surface area contributed by atoms with Gasteiger partial charge in [0.2, 0.25) is 0 Å². The van der Waals surface area contributed by atoms with Crippen LogP contribution in [-0.2, 0) is 6.54 Å². The highest BCUT2D eigenvalue weighted by Crippen LogP contribution is 2.37. The molecule has 0 spiro atoms. The number of benzene rings is 1. The largest absolute Gasteiger partial charge is 0.324 e. The Morgan fingerprint density at radius 2 is 2.17 bits per heavy atom. The topological polar surface area (TPSA) is 50.9 Å². The van der Waals surface area contributed by atoms with Crippen molar-refractivity contribution in [2.45, 2.75) is 32.0 Å². The lowest BCUT2D eigenvalue weighted by Gasteiger charge is -2.12. The van der Waals surface area contributed by atoms with Crippen molar-refractivity contribution in [3.63, 3.8) is 0 Å². The van der Waals surface area contributed by atoms with Crippen LogP contribution in [0.2, 0.25) is 0 Å². The quantitative estimate of drug-likeness (QED) is 0.891. The van der Waals surface area contributed by atoms with E-state index >= 15 is 0 Å². The molecule has 0 radical (unpaired) electrons. The molecule has 1 aliphatic carbocycles. The molecule has 3 rings (SSSR count). The van der Waals surface area contributed by atoms with Crippen LogP contribution in [0.1, 0.15) is 39.5 Å². The van der Waals surface area contributed by atoms with Gasteiger partial charge in [0.25, 0.3) is 0 Å². The number of rotatable bonds is 3. The predicted molar refractivity (Wildman–Crippen MR) is 74.4 cm³/mol. The molecule has 0 bridgehead atoms. The predicted octanol–water partition coefficient (Wildman–Crippen LogP) is 2.69. The van der Waals surface area contributed by atoms with Crippen molar-refractivity contribution in [3.8, 4) is 0 Å². The fraction of sp³-hybridized carbons (Fsp3) is 0.357. The third-order valence-corrected chi connectivity index (χ3v) is 4.37. The van der Waals surface area contributed by atoms with E-state index < -0.39 is 0 Å². The van der Waals surface area contributed by atoms with Gasteiger partial charge in [-0.1, -0.05) is 24.3 Å². The summed E-state index contributed by atoms with van der Waals surface area (Å²) < 4.78 is 0. The minimum Gasteiger partial charge on any atom is -0.324 e. The molecular formula is C14H17N3S. The van der Waals surface area contributed by atoms with E-state index in [1.165, 1.54) is 16.0 Å². The Balaban J connectivity index is 1.72. The summed E-state index contributed by atoms with van der Waals surface area (Å²) in [6.07, 6.45) is 2.94. The van der Waals surface area contributed by atoms with Gasteiger partial charge >= 0.3 is 0 Å². The van der Waals surface area contributed by atoms with Crippen molar-refractivity contribution in [1.29, 1.82) is 0 Å². The van der Waals surface area contributed by atoms with Crippen LogP contribution in [-0.4, -0.2) is 4.98 Å². The van der Waals surface area contributed by atoms with Crippen molar-refractivity contribution >= 4 is 11.3 Å². The molecule has 1 aromatic carbocycles. The lowest BCUT2D eigenvalue weighted by molar-refractivity contribution is 0.500. The summed E-state index contributed by atoms with van der Waals surface area (Å²) in [5, 5.41) is 4.71. The van der Waals surface area contributed by atoms with Crippen LogP contribution in [0.15, 0.2) is 30.5 Å². The molecule has 1 aliphatic rings. The summed E-state index contributed by atoms with van der Waals surface area (Å²) in [6.45, 7) is 2.91. The third kappa shape index (κ3) is 2.19. The first-order valence-corrected chi connectivity index (χ1v) is 7.05. The molecule has 2 aromatic rings. The van der Waals surface area contributed by atoms with Gasteiger partial charge in [-0.3, -0.25) is 0 Å². The molecule has 0 amide bonds. The van der Waals surface area contributed by atoms with Crippen molar-refractivity contribution in [2.24, 2.45) is 5.73 Å². The summed E-state index contributed by atoms with van der Waals surface area (Å²) >= 11 is 1.75. The number of thiazole rings is 1. The number of fused-ring (bicyclic) bond motifs is 1. The minimum atomic E-state index is 0.168. The maximum Gasteiger partial charge on any atom is 0.0897 e. The Morgan fingerprint density at radius 1 is 1.39 bits per heavy atom. The Kier molecular flexibility index (Phi) is 3.16. The molecule has 2 unspecified atom stereocenters.